The van der Waals surface area contributed by atoms with Crippen molar-refractivity contribution in [3.63, 3.8) is 0 Å². The molecule has 0 radical (unpaired) electrons. The molecule has 1 spiro atoms. The van der Waals surface area contributed by atoms with Crippen LogP contribution in [0.3, 0.4) is 0 Å². The molecule has 11 rings (SSSR count). The molecule has 83 heavy (non-hydrogen) atoms. The van der Waals surface area contributed by atoms with E-state index >= 15 is 0 Å². The van der Waals surface area contributed by atoms with Gasteiger partial charge in [-0.1, -0.05) is 27.7 Å². The maximum Gasteiger partial charge on any atom is 0.187 e. The lowest BCUT2D eigenvalue weighted by atomic mass is 9.44. The van der Waals surface area contributed by atoms with E-state index in [-0.39, 0.29) is 53.6 Å². The normalized spacial score (nSPS) is 56.5. The van der Waals surface area contributed by atoms with Gasteiger partial charge in [0.1, 0.15) is 110 Å². The van der Waals surface area contributed by atoms with Crippen molar-refractivity contribution in [2.75, 3.05) is 39.6 Å². The van der Waals surface area contributed by atoms with Crippen molar-refractivity contribution >= 4 is 5.78 Å². The number of hydrogen-bond acceptors (Lipinski definition) is 27. The summed E-state index contributed by atoms with van der Waals surface area (Å²) in [6.07, 6.45) is -33.8. The minimum atomic E-state index is -2.12. The number of ether oxygens (including phenoxy) is 12. The first-order chi connectivity index (χ1) is 39.5. The van der Waals surface area contributed by atoms with E-state index in [4.69, 9.17) is 56.8 Å². The van der Waals surface area contributed by atoms with Crippen LogP contribution in [0.15, 0.2) is 0 Å². The molecule has 27 nitrogen and oxygen atoms in total. The van der Waals surface area contributed by atoms with Crippen LogP contribution >= 0.6 is 0 Å². The van der Waals surface area contributed by atoms with Crippen molar-refractivity contribution in [1.29, 1.82) is 0 Å². The summed E-state index contributed by atoms with van der Waals surface area (Å²) < 4.78 is 73.7. The van der Waals surface area contributed by atoms with Gasteiger partial charge in [-0.15, -0.1) is 0 Å². The zero-order valence-corrected chi connectivity index (χ0v) is 47.4. The summed E-state index contributed by atoms with van der Waals surface area (Å²) in [5.74, 6) is 1.47. The maximum absolute atomic E-state index is 14.8. The number of aliphatic hydroxyl groups is 14. The van der Waals surface area contributed by atoms with Crippen LogP contribution in [0.5, 0.6) is 0 Å². The number of fused-ring (bicyclic) bond motifs is 7. The number of carbonyl (C=O) groups is 1. The highest BCUT2D eigenvalue weighted by Crippen LogP contribution is 2.70. The van der Waals surface area contributed by atoms with Crippen molar-refractivity contribution in [2.24, 2.45) is 52.3 Å². The summed E-state index contributed by atoms with van der Waals surface area (Å²) in [4.78, 5) is 14.8. The molecule has 11 fully saturated rings. The van der Waals surface area contributed by atoms with E-state index in [9.17, 15) is 76.3 Å². The zero-order valence-electron chi connectivity index (χ0n) is 47.4. The van der Waals surface area contributed by atoms with Gasteiger partial charge in [0.15, 0.2) is 37.2 Å². The molecule has 27 heteroatoms. The predicted octanol–water partition coefficient (Wildman–Crippen LogP) is -4.24. The average molecular weight is 1200 g/mol. The fourth-order valence-corrected chi connectivity index (χ4v) is 17.0. The number of rotatable bonds is 14. The molecule has 7 heterocycles. The van der Waals surface area contributed by atoms with Crippen LogP contribution in [0.4, 0.5) is 0 Å². The van der Waals surface area contributed by atoms with E-state index in [2.05, 4.69) is 27.7 Å². The highest BCUT2D eigenvalue weighted by molar-refractivity contribution is 5.87. The van der Waals surface area contributed by atoms with E-state index in [0.29, 0.717) is 43.5 Å². The molecule has 476 valence electrons. The third-order valence-electron chi connectivity index (χ3n) is 21.9. The largest absolute Gasteiger partial charge is 0.394 e. The molecular weight excluding hydrogens is 1100 g/mol. The number of aliphatic hydroxyl groups excluding tert-OH is 14. The van der Waals surface area contributed by atoms with Gasteiger partial charge in [0.25, 0.3) is 0 Å². The molecule has 7 saturated heterocycles. The van der Waals surface area contributed by atoms with Gasteiger partial charge in [0.05, 0.1) is 58.0 Å². The summed E-state index contributed by atoms with van der Waals surface area (Å²) in [5, 5.41) is 152. The van der Waals surface area contributed by atoms with E-state index in [0.717, 1.165) is 38.5 Å². The van der Waals surface area contributed by atoms with Crippen LogP contribution in [0.25, 0.3) is 0 Å². The first-order valence-corrected chi connectivity index (χ1v) is 30.1. The van der Waals surface area contributed by atoms with Crippen LogP contribution in [0, 0.1) is 52.3 Å². The second-order valence-electron chi connectivity index (χ2n) is 26.4. The van der Waals surface area contributed by atoms with E-state index in [1.54, 1.807) is 0 Å². The number of ketones is 1. The average Bonchev–Trinajstić information content (AvgIpc) is 1.61. The topological polar surface area (TPSA) is 411 Å². The van der Waals surface area contributed by atoms with Crippen LogP contribution in [0.2, 0.25) is 0 Å². The van der Waals surface area contributed by atoms with E-state index in [1.807, 2.05) is 0 Å². The van der Waals surface area contributed by atoms with Gasteiger partial charge in [-0.05, 0) is 80.0 Å². The third-order valence-corrected chi connectivity index (χ3v) is 21.9. The predicted molar refractivity (Wildman–Crippen MR) is 274 cm³/mol. The molecule has 0 bridgehead atoms. The molecular formula is C56H90O27. The summed E-state index contributed by atoms with van der Waals surface area (Å²) in [6, 6.07) is 0. The van der Waals surface area contributed by atoms with Crippen LogP contribution < -0.4 is 0 Å². The Kier molecular flexibility index (Phi) is 18.9. The molecule has 11 aliphatic rings. The Balaban J connectivity index is 0.782. The van der Waals surface area contributed by atoms with Crippen LogP contribution in [-0.2, 0) is 61.6 Å². The summed E-state index contributed by atoms with van der Waals surface area (Å²) in [5.41, 5.74) is -0.602. The molecule has 0 aromatic heterocycles. The molecule has 14 N–H and O–H groups in total. The monoisotopic (exact) mass is 1190 g/mol. The van der Waals surface area contributed by atoms with Gasteiger partial charge in [-0.3, -0.25) is 4.79 Å². The van der Waals surface area contributed by atoms with E-state index in [1.165, 1.54) is 0 Å². The minimum absolute atomic E-state index is 0.0130. The smallest absolute Gasteiger partial charge is 0.187 e. The maximum atomic E-state index is 14.8. The lowest BCUT2D eigenvalue weighted by Crippen LogP contribution is -2.68. The molecule has 0 amide bonds. The van der Waals surface area contributed by atoms with Crippen molar-refractivity contribution in [3.05, 3.63) is 0 Å². The molecule has 0 aromatic carbocycles. The van der Waals surface area contributed by atoms with E-state index < -0.39 is 186 Å². The van der Waals surface area contributed by atoms with Crippen LogP contribution in [-0.4, -0.2) is 276 Å². The first-order valence-electron chi connectivity index (χ1n) is 30.1. The Morgan fingerprint density at radius 1 is 0.530 bits per heavy atom. The molecule has 0 aromatic rings. The Bertz CT molecular complexity index is 2190. The zero-order chi connectivity index (χ0) is 59.4. The Hall–Kier alpha value is -1.37. The fourth-order valence-electron chi connectivity index (χ4n) is 17.0. The lowest BCUT2D eigenvalue weighted by Gasteiger charge is -2.60. The van der Waals surface area contributed by atoms with Crippen molar-refractivity contribution < 1.29 is 133 Å². The third kappa shape index (κ3) is 11.1. The molecule has 35 atom stereocenters. The highest BCUT2D eigenvalue weighted by Gasteiger charge is 2.72. The number of hydrogen-bond donors (Lipinski definition) is 14. The summed E-state index contributed by atoms with van der Waals surface area (Å²) >= 11 is 0. The Morgan fingerprint density at radius 3 is 1.82 bits per heavy atom. The van der Waals surface area contributed by atoms with Crippen molar-refractivity contribution in [2.45, 2.75) is 251 Å². The van der Waals surface area contributed by atoms with Crippen LogP contribution in [0.1, 0.15) is 91.9 Å². The van der Waals surface area contributed by atoms with Gasteiger partial charge >= 0.3 is 0 Å². The summed E-state index contributed by atoms with van der Waals surface area (Å²) in [7, 11) is 0. The fraction of sp³-hybridized carbons (Fsp3) is 0.982. The van der Waals surface area contributed by atoms with Crippen molar-refractivity contribution in [3.8, 4) is 0 Å². The van der Waals surface area contributed by atoms with Gasteiger partial charge in [0.2, 0.25) is 0 Å². The second kappa shape index (κ2) is 24.8. The van der Waals surface area contributed by atoms with Gasteiger partial charge < -0.3 is 128 Å². The molecule has 7 aliphatic heterocycles. The quantitative estimate of drug-likeness (QED) is 0.0733. The SMILES string of the molecule is CC1CCC2(OC1)OC1CC3C4CCC5CC(OC6CC(O)C(OC7OC(CO)C(O)C(OC8OC(CO)C(O)C(O)C8O)C7OC7OC(CO)C(O)C(OC8OCC(O)C(O)C8O)C7O)C(CO)O6)CCC5(C)C4CC(=O)C3(C)C1C2C. The molecule has 4 aliphatic carbocycles. The Morgan fingerprint density at radius 2 is 1.14 bits per heavy atom. The van der Waals surface area contributed by atoms with Crippen molar-refractivity contribution in [1.82, 2.24) is 0 Å². The standard InChI is InChI=1S/C56H90O27/c1-21-7-10-56(73-19-21)22(2)37-30(83-56)12-27-25-6-5-23-11-24(8-9-54(23,3)26(25)13-35(63)55(27,37)4)74-36-14-28(61)46(34(18-60)75-36)79-53-49(48(41(67)33(17-59)78-53)81-51-44(70)42(68)39(65)31(15-57)76-51)82-52-45(71)47(40(66)32(16-58)77-52)80-50-43(69)38(64)29(62)20-72-50/h21-34,36-53,57-62,64-71H,5-20H2,1-4H3. The first kappa shape index (κ1) is 63.2. The minimum Gasteiger partial charge on any atom is -0.394 e. The van der Waals surface area contributed by atoms with Gasteiger partial charge in [0, 0.05) is 36.5 Å². The molecule has 35 unspecified atom stereocenters. The number of Topliss-reactive ketones (excluding diaryl/α,β-unsaturated/α-hetero) is 1. The number of carbonyl (C=O) groups excluding carboxylic acids is 1. The highest BCUT2D eigenvalue weighted by atomic mass is 16.8. The van der Waals surface area contributed by atoms with Gasteiger partial charge in [-0.2, -0.15) is 0 Å². The Labute approximate surface area is 480 Å². The second-order valence-corrected chi connectivity index (χ2v) is 26.4. The molecule has 4 saturated carbocycles. The summed E-state index contributed by atoms with van der Waals surface area (Å²) in [6.45, 7) is 5.64. The lowest BCUT2D eigenvalue weighted by molar-refractivity contribution is -0.407. The van der Waals surface area contributed by atoms with Gasteiger partial charge in [-0.25, -0.2) is 0 Å².